The summed E-state index contributed by atoms with van der Waals surface area (Å²) in [6, 6.07) is 0.551. The number of thiazole rings is 1. The summed E-state index contributed by atoms with van der Waals surface area (Å²) in [4.78, 5) is 5.40. The molecule has 2 aromatic heterocycles. The minimum absolute atomic E-state index is 0.551. The average Bonchev–Trinajstić information content (AvgIpc) is 2.92. The standard InChI is InChI=1S/C12H18N4S2/c1-8(2)13-6-4-5-10-15-16-12(18-10)11-9(3)14-7-17-11/h7-8,13H,4-6H2,1-3H3. The zero-order chi connectivity index (χ0) is 13.0. The van der Waals surface area contributed by atoms with Gasteiger partial charge in [0.2, 0.25) is 0 Å². The summed E-state index contributed by atoms with van der Waals surface area (Å²) in [6.45, 7) is 7.37. The van der Waals surface area contributed by atoms with Crippen LogP contribution in [-0.2, 0) is 6.42 Å². The SMILES string of the molecule is Cc1ncsc1-c1nnc(CCCNC(C)C)s1. The maximum Gasteiger partial charge on any atom is 0.159 e. The Hall–Kier alpha value is -0.850. The Morgan fingerprint density at radius 1 is 1.33 bits per heavy atom. The molecule has 2 heterocycles. The largest absolute Gasteiger partial charge is 0.315 e. The Labute approximate surface area is 116 Å². The van der Waals surface area contributed by atoms with E-state index in [0.717, 1.165) is 40.0 Å². The summed E-state index contributed by atoms with van der Waals surface area (Å²) in [5.41, 5.74) is 2.90. The van der Waals surface area contributed by atoms with Crippen LogP contribution in [-0.4, -0.2) is 27.8 Å². The predicted molar refractivity (Wildman–Crippen MR) is 77.2 cm³/mol. The maximum atomic E-state index is 4.25. The topological polar surface area (TPSA) is 50.7 Å². The molecule has 0 unspecified atom stereocenters. The molecule has 18 heavy (non-hydrogen) atoms. The van der Waals surface area contributed by atoms with Crippen molar-refractivity contribution < 1.29 is 0 Å². The van der Waals surface area contributed by atoms with E-state index in [0.29, 0.717) is 6.04 Å². The Bertz CT molecular complexity index is 490. The molecule has 0 amide bonds. The zero-order valence-corrected chi connectivity index (χ0v) is 12.6. The number of hydrogen-bond acceptors (Lipinski definition) is 6. The Kier molecular flexibility index (Phi) is 4.79. The average molecular weight is 282 g/mol. The summed E-state index contributed by atoms with van der Waals surface area (Å²) in [6.07, 6.45) is 2.10. The molecule has 0 aliphatic heterocycles. The van der Waals surface area contributed by atoms with Crippen LogP contribution < -0.4 is 5.32 Å². The van der Waals surface area contributed by atoms with Gasteiger partial charge in [0.05, 0.1) is 16.1 Å². The van der Waals surface area contributed by atoms with Gasteiger partial charge in [0.25, 0.3) is 0 Å². The van der Waals surface area contributed by atoms with E-state index in [1.165, 1.54) is 0 Å². The van der Waals surface area contributed by atoms with E-state index in [2.05, 4.69) is 34.3 Å². The van der Waals surface area contributed by atoms with Crippen LogP contribution in [0.5, 0.6) is 0 Å². The maximum absolute atomic E-state index is 4.25. The van der Waals surface area contributed by atoms with E-state index < -0.39 is 0 Å². The van der Waals surface area contributed by atoms with Gasteiger partial charge in [-0.2, -0.15) is 0 Å². The number of aromatic nitrogens is 3. The highest BCUT2D eigenvalue weighted by molar-refractivity contribution is 7.20. The van der Waals surface area contributed by atoms with Crippen molar-refractivity contribution in [2.75, 3.05) is 6.54 Å². The lowest BCUT2D eigenvalue weighted by molar-refractivity contribution is 0.569. The predicted octanol–water partition coefficient (Wildman–Crippen LogP) is 2.90. The van der Waals surface area contributed by atoms with Crippen LogP contribution in [0.4, 0.5) is 0 Å². The highest BCUT2D eigenvalue weighted by Crippen LogP contribution is 2.29. The molecule has 98 valence electrons. The third kappa shape index (κ3) is 3.57. The zero-order valence-electron chi connectivity index (χ0n) is 10.9. The molecule has 0 fully saturated rings. The lowest BCUT2D eigenvalue weighted by Crippen LogP contribution is -2.23. The summed E-state index contributed by atoms with van der Waals surface area (Å²) in [7, 11) is 0. The molecular formula is C12H18N4S2. The van der Waals surface area contributed by atoms with E-state index in [4.69, 9.17) is 0 Å². The number of nitrogens with zero attached hydrogens (tertiary/aromatic N) is 3. The van der Waals surface area contributed by atoms with Crippen molar-refractivity contribution in [1.29, 1.82) is 0 Å². The summed E-state index contributed by atoms with van der Waals surface area (Å²) in [5, 5.41) is 14.0. The van der Waals surface area contributed by atoms with E-state index in [-0.39, 0.29) is 0 Å². The van der Waals surface area contributed by atoms with E-state index in [1.807, 2.05) is 12.4 Å². The van der Waals surface area contributed by atoms with E-state index in [9.17, 15) is 0 Å². The monoisotopic (exact) mass is 282 g/mol. The second kappa shape index (κ2) is 6.36. The van der Waals surface area contributed by atoms with Crippen LogP contribution in [0.1, 0.15) is 31.0 Å². The van der Waals surface area contributed by atoms with Crippen LogP contribution in [0.25, 0.3) is 9.88 Å². The molecule has 0 atom stereocenters. The van der Waals surface area contributed by atoms with Crippen molar-refractivity contribution in [3.63, 3.8) is 0 Å². The van der Waals surface area contributed by atoms with Gasteiger partial charge in [-0.25, -0.2) is 4.98 Å². The minimum Gasteiger partial charge on any atom is -0.315 e. The molecule has 0 radical (unpaired) electrons. The smallest absolute Gasteiger partial charge is 0.159 e. The molecule has 6 heteroatoms. The van der Waals surface area contributed by atoms with Gasteiger partial charge >= 0.3 is 0 Å². The van der Waals surface area contributed by atoms with Gasteiger partial charge in [0, 0.05) is 12.5 Å². The Morgan fingerprint density at radius 2 is 2.17 bits per heavy atom. The quantitative estimate of drug-likeness (QED) is 0.828. The van der Waals surface area contributed by atoms with Crippen molar-refractivity contribution in [3.8, 4) is 9.88 Å². The Balaban J connectivity index is 1.89. The summed E-state index contributed by atoms with van der Waals surface area (Å²) in [5.74, 6) is 0. The fourth-order valence-electron chi connectivity index (χ4n) is 1.58. The number of aryl methyl sites for hydroxylation is 2. The van der Waals surface area contributed by atoms with Gasteiger partial charge in [-0.05, 0) is 19.9 Å². The Morgan fingerprint density at radius 3 is 2.83 bits per heavy atom. The molecule has 0 bridgehead atoms. The lowest BCUT2D eigenvalue weighted by atomic mass is 10.3. The fraction of sp³-hybridized carbons (Fsp3) is 0.583. The van der Waals surface area contributed by atoms with Crippen molar-refractivity contribution in [1.82, 2.24) is 20.5 Å². The van der Waals surface area contributed by atoms with Gasteiger partial charge in [-0.15, -0.1) is 21.5 Å². The van der Waals surface area contributed by atoms with Gasteiger partial charge in [0.15, 0.2) is 5.01 Å². The van der Waals surface area contributed by atoms with Crippen LogP contribution in [0.3, 0.4) is 0 Å². The highest BCUT2D eigenvalue weighted by atomic mass is 32.1. The number of nitrogens with one attached hydrogen (secondary N) is 1. The molecule has 0 saturated carbocycles. The second-order valence-electron chi connectivity index (χ2n) is 4.48. The second-order valence-corrected chi connectivity index (χ2v) is 6.40. The molecular weight excluding hydrogens is 264 g/mol. The van der Waals surface area contributed by atoms with Gasteiger partial charge in [-0.3, -0.25) is 0 Å². The molecule has 4 nitrogen and oxygen atoms in total. The highest BCUT2D eigenvalue weighted by Gasteiger charge is 2.10. The first-order valence-corrected chi connectivity index (χ1v) is 7.82. The number of rotatable bonds is 6. The molecule has 0 aliphatic carbocycles. The minimum atomic E-state index is 0.551. The molecule has 2 rings (SSSR count). The fourth-order valence-corrected chi connectivity index (χ4v) is 3.41. The van der Waals surface area contributed by atoms with Crippen molar-refractivity contribution in [2.24, 2.45) is 0 Å². The summed E-state index contributed by atoms with van der Waals surface area (Å²) >= 11 is 3.32. The summed E-state index contributed by atoms with van der Waals surface area (Å²) < 4.78 is 0. The van der Waals surface area contributed by atoms with E-state index in [1.54, 1.807) is 22.7 Å². The normalized spacial score (nSPS) is 11.3. The van der Waals surface area contributed by atoms with Gasteiger partial charge in [-0.1, -0.05) is 25.2 Å². The van der Waals surface area contributed by atoms with Gasteiger partial charge in [0.1, 0.15) is 5.01 Å². The van der Waals surface area contributed by atoms with Gasteiger partial charge < -0.3 is 5.32 Å². The lowest BCUT2D eigenvalue weighted by Gasteiger charge is -2.05. The third-order valence-electron chi connectivity index (χ3n) is 2.53. The first-order valence-electron chi connectivity index (χ1n) is 6.13. The first-order chi connectivity index (χ1) is 8.66. The van der Waals surface area contributed by atoms with Crippen molar-refractivity contribution in [3.05, 3.63) is 16.2 Å². The van der Waals surface area contributed by atoms with Crippen molar-refractivity contribution >= 4 is 22.7 Å². The third-order valence-corrected chi connectivity index (χ3v) is 4.59. The van der Waals surface area contributed by atoms with Crippen molar-refractivity contribution in [2.45, 2.75) is 39.7 Å². The molecule has 0 aliphatic rings. The van der Waals surface area contributed by atoms with Crippen LogP contribution >= 0.6 is 22.7 Å². The molecule has 2 aromatic rings. The van der Waals surface area contributed by atoms with Crippen LogP contribution in [0, 0.1) is 6.92 Å². The van der Waals surface area contributed by atoms with Crippen LogP contribution in [0.15, 0.2) is 5.51 Å². The first kappa shape index (κ1) is 13.6. The van der Waals surface area contributed by atoms with E-state index >= 15 is 0 Å². The molecule has 1 N–H and O–H groups in total. The molecule has 0 aromatic carbocycles. The number of hydrogen-bond donors (Lipinski definition) is 1. The molecule has 0 spiro atoms. The van der Waals surface area contributed by atoms with Crippen LogP contribution in [0.2, 0.25) is 0 Å². The molecule has 0 saturated heterocycles.